The lowest BCUT2D eigenvalue weighted by Crippen LogP contribution is -3.28. The number of benzene rings is 1. The van der Waals surface area contributed by atoms with Gasteiger partial charge in [-0.1, -0.05) is 12.8 Å². The molecule has 1 amide bonds. The summed E-state index contributed by atoms with van der Waals surface area (Å²) in [6, 6.07) is 6.75. The second-order valence-electron chi connectivity index (χ2n) is 9.38. The Morgan fingerprint density at radius 1 is 0.967 bits per heavy atom. The largest absolute Gasteiger partial charge is 0.493 e. The van der Waals surface area contributed by atoms with Crippen molar-refractivity contribution in [2.24, 2.45) is 5.92 Å². The first-order chi connectivity index (χ1) is 14.7. The van der Waals surface area contributed by atoms with Crippen molar-refractivity contribution in [2.75, 3.05) is 53.5 Å². The van der Waals surface area contributed by atoms with E-state index in [1.165, 1.54) is 49.0 Å². The van der Waals surface area contributed by atoms with Crippen LogP contribution in [0.5, 0.6) is 11.5 Å². The second-order valence-corrected chi connectivity index (χ2v) is 9.38. The van der Waals surface area contributed by atoms with Crippen LogP contribution in [0.1, 0.15) is 44.1 Å². The van der Waals surface area contributed by atoms with E-state index in [1.807, 2.05) is 6.07 Å². The average molecular weight is 418 g/mol. The van der Waals surface area contributed by atoms with Gasteiger partial charge >= 0.3 is 0 Å². The fraction of sp³-hybridized carbons (Fsp3) is 0.708. The van der Waals surface area contributed by atoms with Gasteiger partial charge in [0.05, 0.1) is 14.2 Å². The van der Waals surface area contributed by atoms with Crippen molar-refractivity contribution in [1.29, 1.82) is 0 Å². The minimum absolute atomic E-state index is 0.407. The lowest BCUT2D eigenvalue weighted by Gasteiger charge is -2.44. The summed E-state index contributed by atoms with van der Waals surface area (Å²) >= 11 is 0. The first kappa shape index (κ1) is 21.4. The predicted molar refractivity (Wildman–Crippen MR) is 116 cm³/mol. The highest BCUT2D eigenvalue weighted by atomic mass is 16.5. The minimum Gasteiger partial charge on any atom is -0.493 e. The van der Waals surface area contributed by atoms with E-state index in [1.54, 1.807) is 19.1 Å². The van der Waals surface area contributed by atoms with E-state index in [2.05, 4.69) is 17.0 Å². The monoisotopic (exact) mass is 417 g/mol. The number of methoxy groups -OCH3 is 2. The number of carbonyl (C=O) groups is 1. The number of carbonyl (C=O) groups excluding carboxylic acids is 1. The second kappa shape index (κ2) is 10.0. The zero-order valence-corrected chi connectivity index (χ0v) is 18.8. The molecule has 3 fully saturated rings. The van der Waals surface area contributed by atoms with Crippen LogP contribution in [0, 0.1) is 5.92 Å². The fourth-order valence-corrected chi connectivity index (χ4v) is 5.84. The molecule has 30 heavy (non-hydrogen) atoms. The van der Waals surface area contributed by atoms with Gasteiger partial charge in [-0.15, -0.1) is 0 Å². The number of hydrogen-bond donors (Lipinski definition) is 2. The summed E-state index contributed by atoms with van der Waals surface area (Å²) in [4.78, 5) is 18.4. The summed E-state index contributed by atoms with van der Waals surface area (Å²) in [6.07, 6.45) is 7.76. The van der Waals surface area contributed by atoms with E-state index in [0.29, 0.717) is 18.5 Å². The fourth-order valence-electron chi connectivity index (χ4n) is 5.84. The van der Waals surface area contributed by atoms with Crippen LogP contribution in [0.2, 0.25) is 0 Å². The standard InChI is InChI=1S/C24H37N3O3/c1-29-22-10-9-19(16-23(22)30-2)17-25-12-14-26(15-13-25)18-24(28)27-11-5-7-20-6-3-4-8-21(20)27/h9-10,16,20-21H,3-8,11-15,17-18H2,1-2H3/p+2/t20-,21-/m0/s1. The van der Waals surface area contributed by atoms with E-state index in [-0.39, 0.29) is 0 Å². The molecule has 2 atom stereocenters. The lowest BCUT2D eigenvalue weighted by atomic mass is 9.78. The van der Waals surface area contributed by atoms with Crippen molar-refractivity contribution in [3.05, 3.63) is 23.8 Å². The highest BCUT2D eigenvalue weighted by Crippen LogP contribution is 2.35. The molecule has 2 heterocycles. The van der Waals surface area contributed by atoms with Crippen LogP contribution >= 0.6 is 0 Å². The summed E-state index contributed by atoms with van der Waals surface area (Å²) < 4.78 is 10.8. The number of hydrogen-bond acceptors (Lipinski definition) is 3. The highest BCUT2D eigenvalue weighted by Gasteiger charge is 2.37. The Hall–Kier alpha value is -1.79. The third-order valence-corrected chi connectivity index (χ3v) is 7.53. The van der Waals surface area contributed by atoms with E-state index < -0.39 is 0 Å². The number of nitrogens with zero attached hydrogens (tertiary/aromatic N) is 1. The number of piperazine rings is 1. The molecule has 166 valence electrons. The van der Waals surface area contributed by atoms with Crippen LogP contribution in [-0.2, 0) is 11.3 Å². The summed E-state index contributed by atoms with van der Waals surface area (Å²) in [5.41, 5.74) is 1.28. The summed E-state index contributed by atoms with van der Waals surface area (Å²) in [5, 5.41) is 0. The molecule has 0 bridgehead atoms. The summed E-state index contributed by atoms with van der Waals surface area (Å²) in [6.45, 7) is 7.06. The molecule has 0 radical (unpaired) electrons. The van der Waals surface area contributed by atoms with Crippen LogP contribution in [0.15, 0.2) is 18.2 Å². The number of amides is 1. The van der Waals surface area contributed by atoms with E-state index >= 15 is 0 Å². The molecule has 1 aromatic carbocycles. The van der Waals surface area contributed by atoms with Crippen molar-refractivity contribution in [3.63, 3.8) is 0 Å². The zero-order chi connectivity index (χ0) is 20.9. The number of ether oxygens (including phenoxy) is 2. The van der Waals surface area contributed by atoms with Crippen LogP contribution in [0.25, 0.3) is 0 Å². The maximum absolute atomic E-state index is 13.1. The van der Waals surface area contributed by atoms with Crippen LogP contribution in [-0.4, -0.2) is 70.3 Å². The molecule has 1 aliphatic carbocycles. The topological polar surface area (TPSA) is 47.7 Å². The number of likely N-dealkylation sites (tertiary alicyclic amines) is 1. The van der Waals surface area contributed by atoms with Gasteiger partial charge in [0.15, 0.2) is 18.0 Å². The van der Waals surface area contributed by atoms with Crippen LogP contribution in [0.4, 0.5) is 0 Å². The molecule has 3 aliphatic rings. The van der Waals surface area contributed by atoms with Crippen molar-refractivity contribution in [1.82, 2.24) is 4.90 Å². The number of piperidine rings is 1. The molecular weight excluding hydrogens is 378 g/mol. The first-order valence-corrected chi connectivity index (χ1v) is 11.9. The van der Waals surface area contributed by atoms with Gasteiger partial charge in [-0.05, 0) is 49.8 Å². The Morgan fingerprint density at radius 2 is 1.67 bits per heavy atom. The molecule has 0 spiro atoms. The molecule has 6 nitrogen and oxygen atoms in total. The number of nitrogens with one attached hydrogen (secondary N) is 2. The molecule has 2 aliphatic heterocycles. The van der Waals surface area contributed by atoms with Crippen molar-refractivity contribution in [3.8, 4) is 11.5 Å². The molecule has 2 N–H and O–H groups in total. The summed E-state index contributed by atoms with van der Waals surface area (Å²) in [7, 11) is 3.36. The van der Waals surface area contributed by atoms with Gasteiger partial charge in [0.25, 0.3) is 5.91 Å². The third-order valence-electron chi connectivity index (χ3n) is 7.53. The maximum Gasteiger partial charge on any atom is 0.278 e. The van der Waals surface area contributed by atoms with Gasteiger partial charge in [0.2, 0.25) is 0 Å². The Morgan fingerprint density at radius 3 is 2.43 bits per heavy atom. The minimum atomic E-state index is 0.407. The number of quaternary nitrogens is 2. The Labute approximate surface area is 181 Å². The van der Waals surface area contributed by atoms with Crippen LogP contribution < -0.4 is 19.3 Å². The molecule has 2 saturated heterocycles. The van der Waals surface area contributed by atoms with E-state index in [0.717, 1.165) is 56.7 Å². The molecule has 0 unspecified atom stereocenters. The summed E-state index contributed by atoms with van der Waals surface area (Å²) in [5.74, 6) is 2.76. The molecule has 6 heteroatoms. The van der Waals surface area contributed by atoms with Gasteiger partial charge in [-0.3, -0.25) is 4.79 Å². The van der Waals surface area contributed by atoms with E-state index in [9.17, 15) is 4.79 Å². The van der Waals surface area contributed by atoms with Crippen molar-refractivity contribution >= 4 is 5.91 Å². The highest BCUT2D eigenvalue weighted by molar-refractivity contribution is 5.77. The molecule has 4 rings (SSSR count). The number of fused-ring (bicyclic) bond motifs is 1. The van der Waals surface area contributed by atoms with Crippen molar-refractivity contribution in [2.45, 2.75) is 51.1 Å². The van der Waals surface area contributed by atoms with Gasteiger partial charge in [-0.2, -0.15) is 0 Å². The van der Waals surface area contributed by atoms with Crippen LogP contribution in [0.3, 0.4) is 0 Å². The first-order valence-electron chi connectivity index (χ1n) is 11.9. The van der Waals surface area contributed by atoms with Gasteiger partial charge in [-0.25, -0.2) is 0 Å². The smallest absolute Gasteiger partial charge is 0.278 e. The SMILES string of the molecule is COc1ccc(C[NH+]2CC[NH+](CC(=O)N3CCC[C@@H]4CCCC[C@@H]43)CC2)cc1OC. The van der Waals surface area contributed by atoms with Gasteiger partial charge in [0, 0.05) is 18.2 Å². The lowest BCUT2D eigenvalue weighted by molar-refractivity contribution is -1.02. The Balaban J connectivity index is 1.26. The normalized spacial score (nSPS) is 29.2. The molecule has 1 aromatic rings. The Bertz CT molecular complexity index is 716. The average Bonchev–Trinajstić information content (AvgIpc) is 2.79. The third kappa shape index (κ3) is 4.92. The maximum atomic E-state index is 13.1. The molecule has 1 saturated carbocycles. The molecule has 0 aromatic heterocycles. The predicted octanol–water partition coefficient (Wildman–Crippen LogP) is 0.168. The molecular formula is C24H39N3O3+2. The zero-order valence-electron chi connectivity index (χ0n) is 18.8. The van der Waals surface area contributed by atoms with Crippen molar-refractivity contribution < 1.29 is 24.1 Å². The van der Waals surface area contributed by atoms with Gasteiger partial charge < -0.3 is 24.2 Å². The number of rotatable bonds is 6. The Kier molecular flexibility index (Phi) is 7.16. The van der Waals surface area contributed by atoms with Gasteiger partial charge in [0.1, 0.15) is 32.7 Å². The van der Waals surface area contributed by atoms with E-state index in [4.69, 9.17) is 9.47 Å². The quantitative estimate of drug-likeness (QED) is 0.694.